The summed E-state index contributed by atoms with van der Waals surface area (Å²) in [6, 6.07) is 22.0. The van der Waals surface area contributed by atoms with Gasteiger partial charge in [-0.2, -0.15) is 0 Å². The van der Waals surface area contributed by atoms with Gasteiger partial charge in [-0.1, -0.05) is 108 Å². The first-order chi connectivity index (χ1) is 17.3. The molecule has 0 radical (unpaired) electrons. The highest BCUT2D eigenvalue weighted by atomic mass is 16.5. The molecule has 3 aromatic rings. The standard InChI is InChI=1S/C33H45NO/c1-3-5-7-9-11-13-32-23-18-29(27-34-32)15-14-28-16-19-30(20-17-28)31-21-24-33(25-22-31)35-26-12-10-8-6-4-2/h16-25,27H,3-15,26H2,1-2H3. The summed E-state index contributed by atoms with van der Waals surface area (Å²) in [4.78, 5) is 4.69. The Morgan fingerprint density at radius 2 is 1.11 bits per heavy atom. The van der Waals surface area contributed by atoms with Crippen LogP contribution in [0.3, 0.4) is 0 Å². The molecule has 0 aliphatic heterocycles. The third kappa shape index (κ3) is 10.3. The summed E-state index contributed by atoms with van der Waals surface area (Å²) in [6.07, 6.45) is 18.2. The maximum atomic E-state index is 5.91. The molecule has 0 amide bonds. The average molecular weight is 472 g/mol. The Morgan fingerprint density at radius 3 is 1.74 bits per heavy atom. The Kier molecular flexibility index (Phi) is 12.4. The zero-order valence-electron chi connectivity index (χ0n) is 22.1. The first-order valence-corrected chi connectivity index (χ1v) is 14.0. The number of benzene rings is 2. The van der Waals surface area contributed by atoms with E-state index in [1.54, 1.807) is 0 Å². The Hall–Kier alpha value is -2.61. The highest BCUT2D eigenvalue weighted by Crippen LogP contribution is 2.23. The van der Waals surface area contributed by atoms with Crippen molar-refractivity contribution in [1.82, 2.24) is 4.98 Å². The van der Waals surface area contributed by atoms with Crippen LogP contribution < -0.4 is 4.74 Å². The minimum atomic E-state index is 0.815. The van der Waals surface area contributed by atoms with Crippen LogP contribution in [0.1, 0.15) is 94.9 Å². The van der Waals surface area contributed by atoms with Crippen molar-refractivity contribution in [2.45, 2.75) is 97.3 Å². The van der Waals surface area contributed by atoms with Crippen LogP contribution in [0.15, 0.2) is 66.9 Å². The lowest BCUT2D eigenvalue weighted by atomic mass is 10.0. The molecule has 2 heteroatoms. The highest BCUT2D eigenvalue weighted by molar-refractivity contribution is 5.64. The number of hydrogen-bond donors (Lipinski definition) is 0. The van der Waals surface area contributed by atoms with Gasteiger partial charge in [0.05, 0.1) is 6.61 Å². The van der Waals surface area contributed by atoms with E-state index in [1.165, 1.54) is 85.7 Å². The normalized spacial score (nSPS) is 11.0. The van der Waals surface area contributed by atoms with Gasteiger partial charge in [0.2, 0.25) is 0 Å². The first-order valence-electron chi connectivity index (χ1n) is 14.0. The van der Waals surface area contributed by atoms with Crippen LogP contribution in [-0.4, -0.2) is 11.6 Å². The molecule has 0 bridgehead atoms. The average Bonchev–Trinajstić information content (AvgIpc) is 2.91. The SMILES string of the molecule is CCCCCCCOc1ccc(-c2ccc(CCc3ccc(CCCCCCC)nc3)cc2)cc1. The molecule has 0 N–H and O–H groups in total. The third-order valence-corrected chi connectivity index (χ3v) is 6.78. The molecule has 0 unspecified atom stereocenters. The van der Waals surface area contributed by atoms with Crippen molar-refractivity contribution in [1.29, 1.82) is 0 Å². The number of unbranched alkanes of at least 4 members (excludes halogenated alkanes) is 8. The predicted molar refractivity (Wildman–Crippen MR) is 150 cm³/mol. The fourth-order valence-corrected chi connectivity index (χ4v) is 4.45. The van der Waals surface area contributed by atoms with E-state index < -0.39 is 0 Å². The van der Waals surface area contributed by atoms with Gasteiger partial charge >= 0.3 is 0 Å². The van der Waals surface area contributed by atoms with Crippen molar-refractivity contribution in [2.75, 3.05) is 6.61 Å². The maximum Gasteiger partial charge on any atom is 0.119 e. The summed E-state index contributed by atoms with van der Waals surface area (Å²) < 4.78 is 5.91. The first kappa shape index (κ1) is 27.0. The highest BCUT2D eigenvalue weighted by Gasteiger charge is 2.02. The van der Waals surface area contributed by atoms with Crippen LogP contribution in [0.5, 0.6) is 5.75 Å². The molecule has 0 atom stereocenters. The number of hydrogen-bond acceptors (Lipinski definition) is 2. The van der Waals surface area contributed by atoms with E-state index in [2.05, 4.69) is 80.7 Å². The minimum absolute atomic E-state index is 0.815. The molecule has 0 saturated heterocycles. The number of rotatable bonds is 17. The number of aromatic nitrogens is 1. The molecule has 0 aliphatic carbocycles. The van der Waals surface area contributed by atoms with Crippen molar-refractivity contribution in [3.05, 3.63) is 83.7 Å². The molecule has 1 heterocycles. The number of aryl methyl sites for hydroxylation is 3. The molecule has 3 rings (SSSR count). The second-order valence-corrected chi connectivity index (χ2v) is 9.81. The summed E-state index contributed by atoms with van der Waals surface area (Å²) in [5, 5.41) is 0. The van der Waals surface area contributed by atoms with Crippen molar-refractivity contribution in [2.24, 2.45) is 0 Å². The molecule has 188 valence electrons. The zero-order chi connectivity index (χ0) is 24.6. The van der Waals surface area contributed by atoms with Crippen molar-refractivity contribution in [3.63, 3.8) is 0 Å². The van der Waals surface area contributed by atoms with E-state index in [0.717, 1.165) is 38.0 Å². The fourth-order valence-electron chi connectivity index (χ4n) is 4.45. The van der Waals surface area contributed by atoms with Gasteiger partial charge in [0, 0.05) is 11.9 Å². The van der Waals surface area contributed by atoms with Gasteiger partial charge in [-0.15, -0.1) is 0 Å². The number of ether oxygens (including phenoxy) is 1. The van der Waals surface area contributed by atoms with Crippen LogP contribution >= 0.6 is 0 Å². The number of nitrogens with zero attached hydrogens (tertiary/aromatic N) is 1. The van der Waals surface area contributed by atoms with Gasteiger partial charge in [0.15, 0.2) is 0 Å². The molecule has 1 aromatic heterocycles. The quantitative estimate of drug-likeness (QED) is 0.183. The molecule has 0 aliphatic rings. The second kappa shape index (κ2) is 16.1. The van der Waals surface area contributed by atoms with E-state index in [9.17, 15) is 0 Å². The van der Waals surface area contributed by atoms with Gasteiger partial charge in [-0.05, 0) is 72.6 Å². The Labute approximate surface area is 214 Å². The van der Waals surface area contributed by atoms with Gasteiger partial charge in [0.1, 0.15) is 5.75 Å². The van der Waals surface area contributed by atoms with Crippen LogP contribution in [0.25, 0.3) is 11.1 Å². The van der Waals surface area contributed by atoms with E-state index >= 15 is 0 Å². The smallest absolute Gasteiger partial charge is 0.119 e. The van der Waals surface area contributed by atoms with Crippen LogP contribution in [0.2, 0.25) is 0 Å². The number of pyridine rings is 1. The van der Waals surface area contributed by atoms with Crippen molar-refractivity contribution in [3.8, 4) is 16.9 Å². The molecule has 0 fully saturated rings. The van der Waals surface area contributed by atoms with Crippen LogP contribution in [0, 0.1) is 0 Å². The summed E-state index contributed by atoms with van der Waals surface area (Å²) >= 11 is 0. The third-order valence-electron chi connectivity index (χ3n) is 6.78. The Balaban J connectivity index is 1.39. The van der Waals surface area contributed by atoms with Crippen molar-refractivity contribution < 1.29 is 4.74 Å². The Morgan fingerprint density at radius 1 is 0.543 bits per heavy atom. The van der Waals surface area contributed by atoms with Gasteiger partial charge in [0.25, 0.3) is 0 Å². The molecule has 0 spiro atoms. The lowest BCUT2D eigenvalue weighted by molar-refractivity contribution is 0.304. The second-order valence-electron chi connectivity index (χ2n) is 9.81. The summed E-state index contributed by atoms with van der Waals surface area (Å²) in [7, 11) is 0. The maximum absolute atomic E-state index is 5.91. The summed E-state index contributed by atoms with van der Waals surface area (Å²) in [5.74, 6) is 0.969. The lowest BCUT2D eigenvalue weighted by Gasteiger charge is -2.08. The van der Waals surface area contributed by atoms with Crippen LogP contribution in [-0.2, 0) is 19.3 Å². The van der Waals surface area contributed by atoms with E-state index in [-0.39, 0.29) is 0 Å². The Bertz CT molecular complexity index is 928. The van der Waals surface area contributed by atoms with E-state index in [4.69, 9.17) is 9.72 Å². The topological polar surface area (TPSA) is 22.1 Å². The van der Waals surface area contributed by atoms with Crippen LogP contribution in [0.4, 0.5) is 0 Å². The monoisotopic (exact) mass is 471 g/mol. The molecule has 2 nitrogen and oxygen atoms in total. The van der Waals surface area contributed by atoms with Gasteiger partial charge < -0.3 is 4.74 Å². The fraction of sp³-hybridized carbons (Fsp3) is 0.485. The largest absolute Gasteiger partial charge is 0.494 e. The molecular formula is C33H45NO. The molecule has 35 heavy (non-hydrogen) atoms. The predicted octanol–water partition coefficient (Wildman–Crippen LogP) is 9.40. The van der Waals surface area contributed by atoms with Gasteiger partial charge in [-0.3, -0.25) is 4.98 Å². The summed E-state index contributed by atoms with van der Waals surface area (Å²) in [6.45, 7) is 5.33. The molecule has 2 aromatic carbocycles. The van der Waals surface area contributed by atoms with Crippen molar-refractivity contribution >= 4 is 0 Å². The summed E-state index contributed by atoms with van der Waals surface area (Å²) in [5.41, 5.74) is 6.42. The zero-order valence-corrected chi connectivity index (χ0v) is 22.1. The molecule has 0 saturated carbocycles. The lowest BCUT2D eigenvalue weighted by Crippen LogP contribution is -1.97. The van der Waals surface area contributed by atoms with E-state index in [0.29, 0.717) is 0 Å². The van der Waals surface area contributed by atoms with E-state index in [1.807, 2.05) is 0 Å². The van der Waals surface area contributed by atoms with Gasteiger partial charge in [-0.25, -0.2) is 0 Å². The molecular weight excluding hydrogens is 426 g/mol. The minimum Gasteiger partial charge on any atom is -0.494 e.